The average Bonchev–Trinajstić information content (AvgIpc) is 2.78. The third-order valence-corrected chi connectivity index (χ3v) is 2.28. The van der Waals surface area contributed by atoms with E-state index in [0.29, 0.717) is 18.9 Å². The van der Waals surface area contributed by atoms with Crippen molar-refractivity contribution in [1.29, 1.82) is 0 Å². The molecular formula is C9H17N5O2. The SMILES string of the molecule is COC(CN)CC(=O)N(C)Cc1ncn[nH]1. The van der Waals surface area contributed by atoms with Crippen LogP contribution in [0.5, 0.6) is 0 Å². The van der Waals surface area contributed by atoms with Crippen molar-refractivity contribution < 1.29 is 9.53 Å². The van der Waals surface area contributed by atoms with Gasteiger partial charge in [-0.15, -0.1) is 0 Å². The Balaban J connectivity index is 2.41. The van der Waals surface area contributed by atoms with Gasteiger partial charge >= 0.3 is 0 Å². The van der Waals surface area contributed by atoms with Crippen molar-refractivity contribution in [3.63, 3.8) is 0 Å². The Kier molecular flexibility index (Phi) is 4.87. The van der Waals surface area contributed by atoms with Crippen molar-refractivity contribution in [2.24, 2.45) is 5.73 Å². The zero-order valence-electron chi connectivity index (χ0n) is 9.51. The van der Waals surface area contributed by atoms with E-state index in [1.807, 2.05) is 0 Å². The molecule has 0 aliphatic carbocycles. The van der Waals surface area contributed by atoms with E-state index in [0.717, 1.165) is 0 Å². The minimum Gasteiger partial charge on any atom is -0.380 e. The lowest BCUT2D eigenvalue weighted by atomic mass is 10.2. The lowest BCUT2D eigenvalue weighted by Crippen LogP contribution is -2.33. The zero-order valence-corrected chi connectivity index (χ0v) is 9.51. The highest BCUT2D eigenvalue weighted by atomic mass is 16.5. The van der Waals surface area contributed by atoms with E-state index >= 15 is 0 Å². The van der Waals surface area contributed by atoms with E-state index in [2.05, 4.69) is 15.2 Å². The van der Waals surface area contributed by atoms with Gasteiger partial charge in [0.1, 0.15) is 12.2 Å². The van der Waals surface area contributed by atoms with E-state index in [1.165, 1.54) is 6.33 Å². The maximum absolute atomic E-state index is 11.7. The summed E-state index contributed by atoms with van der Waals surface area (Å²) >= 11 is 0. The van der Waals surface area contributed by atoms with Crippen LogP contribution in [0.25, 0.3) is 0 Å². The smallest absolute Gasteiger partial charge is 0.225 e. The summed E-state index contributed by atoms with van der Waals surface area (Å²) in [6.07, 6.45) is 1.45. The van der Waals surface area contributed by atoms with Crippen LogP contribution < -0.4 is 5.73 Å². The summed E-state index contributed by atoms with van der Waals surface area (Å²) in [5.41, 5.74) is 5.44. The van der Waals surface area contributed by atoms with Crippen LogP contribution in [0, 0.1) is 0 Å². The maximum Gasteiger partial charge on any atom is 0.225 e. The number of carbonyl (C=O) groups is 1. The minimum atomic E-state index is -0.232. The molecule has 1 heterocycles. The van der Waals surface area contributed by atoms with E-state index in [-0.39, 0.29) is 18.4 Å². The van der Waals surface area contributed by atoms with E-state index < -0.39 is 0 Å². The Morgan fingerprint density at radius 1 is 1.75 bits per heavy atom. The highest BCUT2D eigenvalue weighted by Gasteiger charge is 2.16. The number of rotatable bonds is 6. The van der Waals surface area contributed by atoms with Crippen molar-refractivity contribution in [2.45, 2.75) is 19.1 Å². The predicted molar refractivity (Wildman–Crippen MR) is 57.3 cm³/mol. The molecule has 0 spiro atoms. The fraction of sp³-hybridized carbons (Fsp3) is 0.667. The number of hydrogen-bond acceptors (Lipinski definition) is 5. The molecule has 1 rings (SSSR count). The van der Waals surface area contributed by atoms with E-state index in [4.69, 9.17) is 10.5 Å². The molecule has 16 heavy (non-hydrogen) atoms. The summed E-state index contributed by atoms with van der Waals surface area (Å²) in [5, 5.41) is 6.40. The highest BCUT2D eigenvalue weighted by Crippen LogP contribution is 2.02. The quantitative estimate of drug-likeness (QED) is 0.658. The molecule has 1 unspecified atom stereocenters. The molecule has 0 saturated carbocycles. The summed E-state index contributed by atoms with van der Waals surface area (Å²) < 4.78 is 5.05. The van der Waals surface area contributed by atoms with Crippen LogP contribution in [-0.2, 0) is 16.1 Å². The van der Waals surface area contributed by atoms with Gasteiger partial charge in [0, 0.05) is 20.7 Å². The third-order valence-electron chi connectivity index (χ3n) is 2.28. The molecule has 1 aromatic rings. The van der Waals surface area contributed by atoms with Crippen molar-refractivity contribution >= 4 is 5.91 Å². The monoisotopic (exact) mass is 227 g/mol. The second kappa shape index (κ2) is 6.19. The van der Waals surface area contributed by atoms with Gasteiger partial charge in [0.05, 0.1) is 19.1 Å². The summed E-state index contributed by atoms with van der Waals surface area (Å²) in [6, 6.07) is 0. The van der Waals surface area contributed by atoms with Gasteiger partial charge in [-0.1, -0.05) is 0 Å². The second-order valence-corrected chi connectivity index (χ2v) is 3.48. The molecule has 3 N–H and O–H groups in total. The molecule has 0 aromatic carbocycles. The topological polar surface area (TPSA) is 97.1 Å². The number of nitrogens with one attached hydrogen (secondary N) is 1. The molecular weight excluding hydrogens is 210 g/mol. The molecule has 1 atom stereocenters. The number of aromatic amines is 1. The number of ether oxygens (including phenoxy) is 1. The van der Waals surface area contributed by atoms with Crippen molar-refractivity contribution in [2.75, 3.05) is 20.7 Å². The molecule has 1 aromatic heterocycles. The Morgan fingerprint density at radius 3 is 3.00 bits per heavy atom. The normalized spacial score (nSPS) is 12.4. The largest absolute Gasteiger partial charge is 0.380 e. The number of H-pyrrole nitrogens is 1. The fourth-order valence-corrected chi connectivity index (χ4v) is 1.23. The number of methoxy groups -OCH3 is 1. The van der Waals surface area contributed by atoms with Crippen LogP contribution in [0.4, 0.5) is 0 Å². The standard InChI is InChI=1S/C9H17N5O2/c1-14(5-8-11-6-12-13-8)9(15)3-7(4-10)16-2/h6-7H,3-5,10H2,1-2H3,(H,11,12,13). The number of aromatic nitrogens is 3. The number of hydrogen-bond donors (Lipinski definition) is 2. The molecule has 0 saturated heterocycles. The van der Waals surface area contributed by atoms with Crippen LogP contribution in [-0.4, -0.2) is 52.8 Å². The van der Waals surface area contributed by atoms with Crippen LogP contribution in [0.15, 0.2) is 6.33 Å². The summed E-state index contributed by atoms with van der Waals surface area (Å²) in [5.74, 6) is 0.617. The number of nitrogens with zero attached hydrogens (tertiary/aromatic N) is 3. The van der Waals surface area contributed by atoms with E-state index in [9.17, 15) is 4.79 Å². The van der Waals surface area contributed by atoms with E-state index in [1.54, 1.807) is 19.1 Å². The summed E-state index contributed by atoms with van der Waals surface area (Å²) in [7, 11) is 3.25. The van der Waals surface area contributed by atoms with Gasteiger partial charge in [0.25, 0.3) is 0 Å². The van der Waals surface area contributed by atoms with Crippen molar-refractivity contribution in [3.05, 3.63) is 12.2 Å². The molecule has 7 nitrogen and oxygen atoms in total. The predicted octanol–water partition coefficient (Wildman–Crippen LogP) is -0.873. The molecule has 0 bridgehead atoms. The molecule has 0 radical (unpaired) electrons. The average molecular weight is 227 g/mol. The zero-order chi connectivity index (χ0) is 12.0. The number of amides is 1. The Bertz CT molecular complexity index is 310. The van der Waals surface area contributed by atoms with Crippen LogP contribution in [0.3, 0.4) is 0 Å². The number of nitrogens with two attached hydrogens (primary N) is 1. The molecule has 0 aliphatic rings. The second-order valence-electron chi connectivity index (χ2n) is 3.48. The summed E-state index contributed by atoms with van der Waals surface area (Å²) in [4.78, 5) is 17.2. The van der Waals surface area contributed by atoms with Gasteiger partial charge in [-0.2, -0.15) is 5.10 Å². The van der Waals surface area contributed by atoms with Gasteiger partial charge in [-0.3, -0.25) is 9.89 Å². The van der Waals surface area contributed by atoms with Gasteiger partial charge in [-0.05, 0) is 0 Å². The van der Waals surface area contributed by atoms with Gasteiger partial charge in [0.2, 0.25) is 5.91 Å². The lowest BCUT2D eigenvalue weighted by molar-refractivity contribution is -0.132. The molecule has 1 amide bonds. The van der Waals surface area contributed by atoms with Gasteiger partial charge < -0.3 is 15.4 Å². The maximum atomic E-state index is 11.7. The fourth-order valence-electron chi connectivity index (χ4n) is 1.23. The molecule has 7 heteroatoms. The lowest BCUT2D eigenvalue weighted by Gasteiger charge is -2.18. The Morgan fingerprint density at radius 2 is 2.50 bits per heavy atom. The molecule has 0 fully saturated rings. The van der Waals surface area contributed by atoms with Crippen molar-refractivity contribution in [1.82, 2.24) is 20.1 Å². The van der Waals surface area contributed by atoms with Crippen LogP contribution >= 0.6 is 0 Å². The highest BCUT2D eigenvalue weighted by molar-refractivity contribution is 5.76. The van der Waals surface area contributed by atoms with Gasteiger partial charge in [0.15, 0.2) is 0 Å². The van der Waals surface area contributed by atoms with Gasteiger partial charge in [-0.25, -0.2) is 4.98 Å². The third kappa shape index (κ3) is 3.59. The number of carbonyl (C=O) groups excluding carboxylic acids is 1. The molecule has 90 valence electrons. The Labute approximate surface area is 94.0 Å². The Hall–Kier alpha value is -1.47. The summed E-state index contributed by atoms with van der Waals surface area (Å²) in [6.45, 7) is 0.734. The van der Waals surface area contributed by atoms with Crippen LogP contribution in [0.2, 0.25) is 0 Å². The minimum absolute atomic E-state index is 0.0336. The van der Waals surface area contributed by atoms with Crippen molar-refractivity contribution in [3.8, 4) is 0 Å². The molecule has 0 aliphatic heterocycles. The van der Waals surface area contributed by atoms with Crippen LogP contribution in [0.1, 0.15) is 12.2 Å². The first kappa shape index (κ1) is 12.6. The first-order valence-electron chi connectivity index (χ1n) is 4.98. The first-order valence-corrected chi connectivity index (χ1v) is 4.98. The first-order chi connectivity index (χ1) is 7.67.